The van der Waals surface area contributed by atoms with Gasteiger partial charge in [-0.2, -0.15) is 0 Å². The van der Waals surface area contributed by atoms with E-state index in [1.807, 2.05) is 61.5 Å². The third kappa shape index (κ3) is 3.08. The fourth-order valence-electron chi connectivity index (χ4n) is 3.83. The van der Waals surface area contributed by atoms with Crippen molar-refractivity contribution in [1.82, 2.24) is 0 Å². The van der Waals surface area contributed by atoms with Crippen LogP contribution in [0.25, 0.3) is 21.5 Å². The number of carbonyl (C=O) groups is 2. The van der Waals surface area contributed by atoms with E-state index >= 15 is 0 Å². The van der Waals surface area contributed by atoms with Crippen molar-refractivity contribution in [2.24, 2.45) is 11.8 Å². The van der Waals surface area contributed by atoms with Crippen molar-refractivity contribution in [3.05, 3.63) is 66.2 Å². The number of esters is 1. The average Bonchev–Trinajstić information content (AvgIpc) is 2.68. The van der Waals surface area contributed by atoms with Crippen LogP contribution < -0.4 is 4.74 Å². The van der Waals surface area contributed by atoms with Gasteiger partial charge in [-0.1, -0.05) is 54.6 Å². The molecule has 2 unspecified atom stereocenters. The summed E-state index contributed by atoms with van der Waals surface area (Å²) in [6, 6.07) is 15.8. The van der Waals surface area contributed by atoms with Gasteiger partial charge in [0.15, 0.2) is 0 Å². The van der Waals surface area contributed by atoms with E-state index in [-0.39, 0.29) is 0 Å². The first kappa shape index (κ1) is 17.3. The second-order valence-electron chi connectivity index (χ2n) is 7.01. The van der Waals surface area contributed by atoms with Crippen molar-refractivity contribution in [2.45, 2.75) is 19.8 Å². The van der Waals surface area contributed by atoms with Gasteiger partial charge in [0.1, 0.15) is 5.75 Å². The van der Waals surface area contributed by atoms with Gasteiger partial charge in [0.05, 0.1) is 11.8 Å². The summed E-state index contributed by atoms with van der Waals surface area (Å²) in [5.41, 5.74) is 1.10. The molecule has 4 heteroatoms. The number of rotatable bonds is 3. The van der Waals surface area contributed by atoms with Crippen molar-refractivity contribution < 1.29 is 19.4 Å². The van der Waals surface area contributed by atoms with Gasteiger partial charge in [0.2, 0.25) is 0 Å². The summed E-state index contributed by atoms with van der Waals surface area (Å²) in [5, 5.41) is 13.2. The SMILES string of the molecule is Cc1cccc2c(OC(=O)C3CC=CCC3C(=O)O)c3ccccc3cc12. The number of carboxylic acid groups (broad SMARTS) is 1. The molecule has 0 bridgehead atoms. The number of aliphatic carboxylic acids is 1. The van der Waals surface area contributed by atoms with Gasteiger partial charge in [-0.3, -0.25) is 9.59 Å². The molecule has 0 amide bonds. The van der Waals surface area contributed by atoms with Crippen LogP contribution in [0.3, 0.4) is 0 Å². The van der Waals surface area contributed by atoms with Gasteiger partial charge in [-0.25, -0.2) is 0 Å². The maximum absolute atomic E-state index is 12.9. The lowest BCUT2D eigenvalue weighted by Gasteiger charge is -2.24. The first-order valence-electron chi connectivity index (χ1n) is 9.07. The van der Waals surface area contributed by atoms with E-state index in [1.165, 1.54) is 0 Å². The molecule has 0 aromatic heterocycles. The first-order chi connectivity index (χ1) is 13.1. The van der Waals surface area contributed by atoms with Crippen molar-refractivity contribution in [3.63, 3.8) is 0 Å². The normalized spacial score (nSPS) is 19.3. The number of allylic oxidation sites excluding steroid dienone is 2. The molecule has 4 rings (SSSR count). The van der Waals surface area contributed by atoms with E-state index in [1.54, 1.807) is 0 Å². The summed E-state index contributed by atoms with van der Waals surface area (Å²) in [5.74, 6) is -2.35. The Hall–Kier alpha value is -3.14. The monoisotopic (exact) mass is 360 g/mol. The van der Waals surface area contributed by atoms with E-state index < -0.39 is 23.8 Å². The molecule has 2 atom stereocenters. The minimum Gasteiger partial charge on any atom is -0.481 e. The summed E-state index contributed by atoms with van der Waals surface area (Å²) >= 11 is 0. The Morgan fingerprint density at radius 2 is 1.63 bits per heavy atom. The van der Waals surface area contributed by atoms with E-state index in [2.05, 4.69) is 6.07 Å². The highest BCUT2D eigenvalue weighted by Crippen LogP contribution is 2.37. The number of ether oxygens (including phenoxy) is 1. The highest BCUT2D eigenvalue weighted by atomic mass is 16.5. The van der Waals surface area contributed by atoms with Gasteiger partial charge in [0, 0.05) is 10.8 Å². The molecule has 0 spiro atoms. The quantitative estimate of drug-likeness (QED) is 0.313. The van der Waals surface area contributed by atoms with Crippen LogP contribution in [-0.2, 0) is 9.59 Å². The number of aryl methyl sites for hydroxylation is 1. The topological polar surface area (TPSA) is 63.6 Å². The Morgan fingerprint density at radius 1 is 0.926 bits per heavy atom. The number of fused-ring (bicyclic) bond motifs is 2. The number of carboxylic acids is 1. The zero-order valence-electron chi connectivity index (χ0n) is 15.0. The van der Waals surface area contributed by atoms with Crippen LogP contribution in [0.2, 0.25) is 0 Å². The van der Waals surface area contributed by atoms with E-state index in [0.717, 1.165) is 27.1 Å². The maximum atomic E-state index is 12.9. The second-order valence-corrected chi connectivity index (χ2v) is 7.01. The molecular formula is C23H20O4. The molecule has 0 heterocycles. The van der Waals surface area contributed by atoms with Crippen LogP contribution in [0.1, 0.15) is 18.4 Å². The molecule has 0 fully saturated rings. The molecular weight excluding hydrogens is 340 g/mol. The van der Waals surface area contributed by atoms with Crippen molar-refractivity contribution in [3.8, 4) is 5.75 Å². The summed E-state index contributed by atoms with van der Waals surface area (Å²) < 4.78 is 5.88. The molecule has 3 aromatic carbocycles. The largest absolute Gasteiger partial charge is 0.481 e. The lowest BCUT2D eigenvalue weighted by Crippen LogP contribution is -2.33. The summed E-state index contributed by atoms with van der Waals surface area (Å²) in [4.78, 5) is 24.5. The van der Waals surface area contributed by atoms with Crippen LogP contribution in [-0.4, -0.2) is 17.0 Å². The third-order valence-electron chi connectivity index (χ3n) is 5.33. The minimum atomic E-state index is -0.958. The average molecular weight is 360 g/mol. The molecule has 0 radical (unpaired) electrons. The number of hydrogen-bond donors (Lipinski definition) is 1. The smallest absolute Gasteiger partial charge is 0.315 e. The molecule has 3 aromatic rings. The van der Waals surface area contributed by atoms with Crippen LogP contribution in [0.15, 0.2) is 60.7 Å². The van der Waals surface area contributed by atoms with E-state index in [9.17, 15) is 14.7 Å². The molecule has 1 aliphatic carbocycles. The molecule has 1 aliphatic rings. The molecule has 136 valence electrons. The van der Waals surface area contributed by atoms with Crippen LogP contribution in [0.5, 0.6) is 5.75 Å². The fourth-order valence-corrected chi connectivity index (χ4v) is 3.83. The summed E-state index contributed by atoms with van der Waals surface area (Å²) in [7, 11) is 0. The Balaban J connectivity index is 1.82. The van der Waals surface area contributed by atoms with Crippen LogP contribution in [0.4, 0.5) is 0 Å². The molecule has 0 saturated heterocycles. The highest BCUT2D eigenvalue weighted by molar-refractivity contribution is 6.07. The number of hydrogen-bond acceptors (Lipinski definition) is 3. The predicted octanol–water partition coefficient (Wildman–Crippen LogP) is 4.87. The predicted molar refractivity (Wildman–Crippen MR) is 105 cm³/mol. The van der Waals surface area contributed by atoms with Gasteiger partial charge < -0.3 is 9.84 Å². The maximum Gasteiger partial charge on any atom is 0.315 e. The number of carbonyl (C=O) groups excluding carboxylic acids is 1. The molecule has 0 saturated carbocycles. The first-order valence-corrected chi connectivity index (χ1v) is 9.07. The lowest BCUT2D eigenvalue weighted by atomic mass is 9.83. The molecule has 27 heavy (non-hydrogen) atoms. The number of benzene rings is 3. The summed E-state index contributed by atoms with van der Waals surface area (Å²) in [6.45, 7) is 2.02. The molecule has 1 N–H and O–H groups in total. The van der Waals surface area contributed by atoms with E-state index in [0.29, 0.717) is 18.6 Å². The highest BCUT2D eigenvalue weighted by Gasteiger charge is 2.35. The van der Waals surface area contributed by atoms with Crippen molar-refractivity contribution in [2.75, 3.05) is 0 Å². The van der Waals surface area contributed by atoms with Crippen molar-refractivity contribution in [1.29, 1.82) is 0 Å². The van der Waals surface area contributed by atoms with Crippen molar-refractivity contribution >= 4 is 33.5 Å². The van der Waals surface area contributed by atoms with Crippen LogP contribution in [0, 0.1) is 18.8 Å². The third-order valence-corrected chi connectivity index (χ3v) is 5.33. The standard InChI is InChI=1S/C23H20O4/c1-14-7-6-12-17-20(14)13-15-8-2-3-9-16(15)21(17)27-23(26)19-11-5-4-10-18(19)22(24)25/h2-9,12-13,18-19H,10-11H2,1H3,(H,24,25). The molecule has 0 aliphatic heterocycles. The minimum absolute atomic E-state index is 0.352. The Kier molecular flexibility index (Phi) is 4.40. The van der Waals surface area contributed by atoms with Crippen LogP contribution >= 0.6 is 0 Å². The van der Waals surface area contributed by atoms with Gasteiger partial charge in [-0.05, 0) is 42.2 Å². The van der Waals surface area contributed by atoms with Gasteiger partial charge >= 0.3 is 11.9 Å². The molecule has 4 nitrogen and oxygen atoms in total. The lowest BCUT2D eigenvalue weighted by molar-refractivity contribution is -0.152. The Labute approximate surface area is 157 Å². The second kappa shape index (κ2) is 6.88. The van der Waals surface area contributed by atoms with Gasteiger partial charge in [0.25, 0.3) is 0 Å². The van der Waals surface area contributed by atoms with E-state index in [4.69, 9.17) is 4.74 Å². The fraction of sp³-hybridized carbons (Fsp3) is 0.217. The Morgan fingerprint density at radius 3 is 2.41 bits per heavy atom. The zero-order chi connectivity index (χ0) is 19.0. The Bertz CT molecular complexity index is 1080. The van der Waals surface area contributed by atoms with Gasteiger partial charge in [-0.15, -0.1) is 0 Å². The zero-order valence-corrected chi connectivity index (χ0v) is 15.0. The summed E-state index contributed by atoms with van der Waals surface area (Å²) in [6.07, 6.45) is 4.41.